The number of hydrogen-bond acceptors (Lipinski definition) is 4. The molecule has 2 heterocycles. The molecule has 0 spiro atoms. The Kier molecular flexibility index (Phi) is 6.14. The molecule has 32 heavy (non-hydrogen) atoms. The van der Waals surface area contributed by atoms with Crippen LogP contribution < -0.4 is 4.74 Å². The van der Waals surface area contributed by atoms with Crippen molar-refractivity contribution in [1.29, 1.82) is 0 Å². The largest absolute Gasteiger partial charge is 0.484 e. The van der Waals surface area contributed by atoms with E-state index in [1.54, 1.807) is 30.3 Å². The molecule has 2 aromatic carbocycles. The van der Waals surface area contributed by atoms with Gasteiger partial charge in [-0.15, -0.1) is 0 Å². The van der Waals surface area contributed by atoms with Crippen molar-refractivity contribution in [2.45, 2.75) is 32.5 Å². The van der Waals surface area contributed by atoms with Crippen LogP contribution >= 0.6 is 0 Å². The lowest BCUT2D eigenvalue weighted by Crippen LogP contribution is -2.58. The number of piperazine rings is 1. The minimum absolute atomic E-state index is 0.0213. The zero-order chi connectivity index (χ0) is 22.8. The topological polar surface area (TPSA) is 85.9 Å². The number of aromatic nitrogens is 1. The second-order valence-electron chi connectivity index (χ2n) is 8.33. The second kappa shape index (κ2) is 9.00. The Hall–Kier alpha value is -3.39. The quantitative estimate of drug-likeness (QED) is 0.614. The van der Waals surface area contributed by atoms with Crippen molar-refractivity contribution in [1.82, 2.24) is 14.8 Å². The van der Waals surface area contributed by atoms with Gasteiger partial charge in [0.2, 0.25) is 0 Å². The average molecular weight is 439 g/mol. The zero-order valence-electron chi connectivity index (χ0n) is 18.0. The number of carbonyl (C=O) groups excluding carboxylic acids is 1. The van der Waals surface area contributed by atoms with Crippen LogP contribution in [0.4, 0.5) is 4.39 Å². The van der Waals surface area contributed by atoms with Crippen molar-refractivity contribution >= 4 is 22.8 Å². The molecule has 8 heteroatoms. The number of benzene rings is 2. The highest BCUT2D eigenvalue weighted by molar-refractivity contribution is 5.94. The van der Waals surface area contributed by atoms with Crippen LogP contribution in [0.15, 0.2) is 48.5 Å². The summed E-state index contributed by atoms with van der Waals surface area (Å²) in [5, 5.41) is 9.81. The third-order valence-electron chi connectivity index (χ3n) is 5.92. The smallest absolute Gasteiger partial charge is 0.352 e. The SMILES string of the molecule is C[C@@H]1CN(C(=O)COc2ccc3[nH]c(C(=O)O)cc3c2)[C@@H](C)CN1Cc1ccc(F)cc1. The number of carboxylic acids is 1. The molecule has 0 unspecified atom stereocenters. The molecule has 2 atom stereocenters. The average Bonchev–Trinajstić information content (AvgIpc) is 3.20. The molecule has 2 N–H and O–H groups in total. The van der Waals surface area contributed by atoms with E-state index in [4.69, 9.17) is 9.84 Å². The number of rotatable bonds is 6. The summed E-state index contributed by atoms with van der Waals surface area (Å²) >= 11 is 0. The number of aromatic carboxylic acids is 1. The van der Waals surface area contributed by atoms with Gasteiger partial charge >= 0.3 is 5.97 Å². The number of nitrogens with one attached hydrogen (secondary N) is 1. The minimum Gasteiger partial charge on any atom is -0.484 e. The van der Waals surface area contributed by atoms with Crippen molar-refractivity contribution in [3.8, 4) is 5.75 Å². The summed E-state index contributed by atoms with van der Waals surface area (Å²) in [7, 11) is 0. The van der Waals surface area contributed by atoms with Crippen molar-refractivity contribution in [2.24, 2.45) is 0 Å². The maximum atomic E-state index is 13.2. The molecule has 1 saturated heterocycles. The number of carboxylic acid groups (broad SMARTS) is 1. The normalized spacial score (nSPS) is 19.3. The molecular formula is C24H26FN3O4. The molecule has 1 aromatic heterocycles. The molecule has 1 aliphatic heterocycles. The van der Waals surface area contributed by atoms with Gasteiger partial charge in [-0.25, -0.2) is 9.18 Å². The van der Waals surface area contributed by atoms with Crippen LogP contribution in [-0.4, -0.2) is 63.5 Å². The van der Waals surface area contributed by atoms with Gasteiger partial charge in [0.15, 0.2) is 6.61 Å². The van der Waals surface area contributed by atoms with Crippen LogP contribution in [0, 0.1) is 5.82 Å². The van der Waals surface area contributed by atoms with E-state index in [1.165, 1.54) is 18.2 Å². The molecule has 0 saturated carbocycles. The van der Waals surface area contributed by atoms with Crippen LogP contribution in [0.1, 0.15) is 29.9 Å². The van der Waals surface area contributed by atoms with E-state index in [0.29, 0.717) is 29.7 Å². The number of carbonyl (C=O) groups is 2. The molecule has 1 amide bonds. The van der Waals surface area contributed by atoms with Gasteiger partial charge in [0.05, 0.1) is 0 Å². The first-order valence-electron chi connectivity index (χ1n) is 10.6. The van der Waals surface area contributed by atoms with Crippen molar-refractivity contribution in [2.75, 3.05) is 19.7 Å². The van der Waals surface area contributed by atoms with Crippen LogP contribution in [0.2, 0.25) is 0 Å². The number of halogens is 1. The molecule has 1 fully saturated rings. The number of ether oxygens (including phenoxy) is 1. The highest BCUT2D eigenvalue weighted by Gasteiger charge is 2.32. The van der Waals surface area contributed by atoms with Crippen LogP contribution in [-0.2, 0) is 11.3 Å². The fourth-order valence-corrected chi connectivity index (χ4v) is 4.13. The Balaban J connectivity index is 1.35. The van der Waals surface area contributed by atoms with Gasteiger partial charge in [-0.1, -0.05) is 12.1 Å². The highest BCUT2D eigenvalue weighted by Crippen LogP contribution is 2.23. The summed E-state index contributed by atoms with van der Waals surface area (Å²) in [6.07, 6.45) is 0. The predicted molar refractivity (Wildman–Crippen MR) is 118 cm³/mol. The first kappa shape index (κ1) is 21.8. The van der Waals surface area contributed by atoms with E-state index < -0.39 is 5.97 Å². The summed E-state index contributed by atoms with van der Waals surface area (Å²) in [5.74, 6) is -0.854. The predicted octanol–water partition coefficient (Wildman–Crippen LogP) is 3.51. The number of H-pyrrole nitrogens is 1. The molecular weight excluding hydrogens is 413 g/mol. The minimum atomic E-state index is -1.03. The van der Waals surface area contributed by atoms with Gasteiger partial charge < -0.3 is 19.7 Å². The van der Waals surface area contributed by atoms with Gasteiger partial charge in [-0.2, -0.15) is 0 Å². The lowest BCUT2D eigenvalue weighted by Gasteiger charge is -2.44. The molecule has 7 nitrogen and oxygen atoms in total. The van der Waals surface area contributed by atoms with Crippen LogP contribution in [0.5, 0.6) is 5.75 Å². The van der Waals surface area contributed by atoms with Crippen molar-refractivity contribution < 1.29 is 23.8 Å². The lowest BCUT2D eigenvalue weighted by atomic mass is 10.1. The van der Waals surface area contributed by atoms with Gasteiger partial charge in [-0.3, -0.25) is 9.69 Å². The molecule has 3 aromatic rings. The van der Waals surface area contributed by atoms with Gasteiger partial charge in [-0.05, 0) is 55.8 Å². The summed E-state index contributed by atoms with van der Waals surface area (Å²) in [6.45, 7) is 6.02. The van der Waals surface area contributed by atoms with Gasteiger partial charge in [0.25, 0.3) is 5.91 Å². The van der Waals surface area contributed by atoms with E-state index in [-0.39, 0.29) is 36.1 Å². The van der Waals surface area contributed by atoms with Crippen LogP contribution in [0.25, 0.3) is 10.9 Å². The number of fused-ring (bicyclic) bond motifs is 1. The van der Waals surface area contributed by atoms with E-state index in [2.05, 4.69) is 16.8 Å². The van der Waals surface area contributed by atoms with E-state index in [9.17, 15) is 14.0 Å². The van der Waals surface area contributed by atoms with Crippen LogP contribution in [0.3, 0.4) is 0 Å². The first-order chi connectivity index (χ1) is 15.3. The second-order valence-corrected chi connectivity index (χ2v) is 8.33. The summed E-state index contributed by atoms with van der Waals surface area (Å²) in [4.78, 5) is 30.9. The maximum Gasteiger partial charge on any atom is 0.352 e. The number of hydrogen-bond donors (Lipinski definition) is 2. The molecule has 0 aliphatic carbocycles. The zero-order valence-corrected chi connectivity index (χ0v) is 18.0. The highest BCUT2D eigenvalue weighted by atomic mass is 19.1. The van der Waals surface area contributed by atoms with E-state index in [1.807, 2.05) is 11.8 Å². The Labute approximate surface area is 185 Å². The molecule has 1 aliphatic rings. The fraction of sp³-hybridized carbons (Fsp3) is 0.333. The van der Waals surface area contributed by atoms with Crippen molar-refractivity contribution in [3.63, 3.8) is 0 Å². The number of aromatic amines is 1. The van der Waals surface area contributed by atoms with Crippen molar-refractivity contribution in [3.05, 3.63) is 65.6 Å². The Morgan fingerprint density at radius 1 is 1.09 bits per heavy atom. The first-order valence-corrected chi connectivity index (χ1v) is 10.6. The summed E-state index contributed by atoms with van der Waals surface area (Å²) in [5.41, 5.74) is 1.84. The van der Waals surface area contributed by atoms with Gasteiger partial charge in [0, 0.05) is 42.6 Å². The Morgan fingerprint density at radius 2 is 1.84 bits per heavy atom. The standard InChI is InChI=1S/C24H26FN3O4/c1-15-12-28(16(2)11-27(15)13-17-3-5-19(25)6-4-17)23(29)14-32-20-7-8-21-18(9-20)10-22(26-21)24(30)31/h3-10,15-16,26H,11-14H2,1-2H3,(H,30,31)/t15-,16+/m1/s1. The third-order valence-corrected chi connectivity index (χ3v) is 5.92. The van der Waals surface area contributed by atoms with E-state index in [0.717, 1.165) is 12.1 Å². The van der Waals surface area contributed by atoms with E-state index >= 15 is 0 Å². The fourth-order valence-electron chi connectivity index (χ4n) is 4.13. The Bertz CT molecular complexity index is 1130. The molecule has 0 bridgehead atoms. The molecule has 4 rings (SSSR count). The monoisotopic (exact) mass is 439 g/mol. The third kappa shape index (κ3) is 4.75. The number of amides is 1. The molecule has 168 valence electrons. The van der Waals surface area contributed by atoms with Gasteiger partial charge in [0.1, 0.15) is 17.3 Å². The lowest BCUT2D eigenvalue weighted by molar-refractivity contribution is -0.139. The summed E-state index contributed by atoms with van der Waals surface area (Å²) < 4.78 is 18.9. The summed E-state index contributed by atoms with van der Waals surface area (Å²) in [6, 6.07) is 13.4. The number of nitrogens with zero attached hydrogens (tertiary/aromatic N) is 2. The Morgan fingerprint density at radius 3 is 2.56 bits per heavy atom. The molecule has 0 radical (unpaired) electrons. The maximum absolute atomic E-state index is 13.2.